The minimum atomic E-state index is -0.115. The molecule has 2 aliphatic rings. The van der Waals surface area contributed by atoms with Crippen LogP contribution in [-0.2, 0) is 4.79 Å². The Morgan fingerprint density at radius 3 is 2.40 bits per heavy atom. The second-order valence-corrected chi connectivity index (χ2v) is 7.67. The Labute approximate surface area is 159 Å². The van der Waals surface area contributed by atoms with Gasteiger partial charge < -0.3 is 15.1 Å². The van der Waals surface area contributed by atoms with E-state index in [9.17, 15) is 4.79 Å². The standard InChI is InChI=1S/C17H25Cl2N5O/c1-12(2)24-4-3-21-15(11-24)17(25)23-7-5-22(6-8-23)16-13(18)9-20-10-14(16)19/h9-10,12,15,21H,3-8,11H2,1-2H3. The van der Waals surface area contributed by atoms with E-state index in [0.717, 1.165) is 38.4 Å². The van der Waals surface area contributed by atoms with E-state index in [2.05, 4.69) is 33.9 Å². The van der Waals surface area contributed by atoms with Gasteiger partial charge in [-0.05, 0) is 13.8 Å². The Hall–Kier alpha value is -1.08. The number of rotatable bonds is 3. The molecule has 0 aromatic carbocycles. The number of halogens is 2. The SMILES string of the molecule is CC(C)N1CCNC(C(=O)N2CCN(c3c(Cl)cncc3Cl)CC2)C1. The number of hydrogen-bond donors (Lipinski definition) is 1. The van der Waals surface area contributed by atoms with Gasteiger partial charge in [-0.25, -0.2) is 0 Å². The van der Waals surface area contributed by atoms with E-state index in [-0.39, 0.29) is 11.9 Å². The first kappa shape index (κ1) is 18.7. The lowest BCUT2D eigenvalue weighted by Gasteiger charge is -2.41. The number of anilines is 1. The van der Waals surface area contributed by atoms with E-state index < -0.39 is 0 Å². The summed E-state index contributed by atoms with van der Waals surface area (Å²) in [5.41, 5.74) is 0.812. The number of carbonyl (C=O) groups is 1. The van der Waals surface area contributed by atoms with Gasteiger partial charge >= 0.3 is 0 Å². The number of pyridine rings is 1. The van der Waals surface area contributed by atoms with Crippen molar-refractivity contribution < 1.29 is 4.79 Å². The molecule has 2 aliphatic heterocycles. The predicted octanol–water partition coefficient (Wildman–Crippen LogP) is 1.72. The van der Waals surface area contributed by atoms with Crippen LogP contribution in [0.1, 0.15) is 13.8 Å². The van der Waals surface area contributed by atoms with Crippen LogP contribution >= 0.6 is 23.2 Å². The highest BCUT2D eigenvalue weighted by Crippen LogP contribution is 2.33. The van der Waals surface area contributed by atoms with Crippen molar-refractivity contribution in [1.82, 2.24) is 20.1 Å². The summed E-state index contributed by atoms with van der Waals surface area (Å²) in [6.45, 7) is 9.76. The molecule has 1 atom stereocenters. The van der Waals surface area contributed by atoms with Crippen molar-refractivity contribution in [2.45, 2.75) is 25.9 Å². The van der Waals surface area contributed by atoms with Crippen molar-refractivity contribution in [2.24, 2.45) is 0 Å². The lowest BCUT2D eigenvalue weighted by Crippen LogP contribution is -2.61. The molecule has 0 radical (unpaired) electrons. The van der Waals surface area contributed by atoms with Crippen molar-refractivity contribution in [1.29, 1.82) is 0 Å². The van der Waals surface area contributed by atoms with Gasteiger partial charge in [0, 0.05) is 64.2 Å². The van der Waals surface area contributed by atoms with Crippen LogP contribution < -0.4 is 10.2 Å². The van der Waals surface area contributed by atoms with Gasteiger partial charge in [0.25, 0.3) is 0 Å². The highest BCUT2D eigenvalue weighted by molar-refractivity contribution is 6.38. The average molecular weight is 386 g/mol. The number of amides is 1. The Morgan fingerprint density at radius 2 is 1.80 bits per heavy atom. The van der Waals surface area contributed by atoms with Crippen LogP contribution in [0.4, 0.5) is 5.69 Å². The topological polar surface area (TPSA) is 51.7 Å². The molecule has 25 heavy (non-hydrogen) atoms. The van der Waals surface area contributed by atoms with Crippen LogP contribution in [0.5, 0.6) is 0 Å². The maximum atomic E-state index is 12.9. The second-order valence-electron chi connectivity index (χ2n) is 6.86. The van der Waals surface area contributed by atoms with E-state index in [1.165, 1.54) is 0 Å². The first-order chi connectivity index (χ1) is 12.0. The normalized spacial score (nSPS) is 22.5. The molecule has 1 unspecified atom stereocenters. The number of carbonyl (C=O) groups excluding carboxylic acids is 1. The molecule has 0 saturated carbocycles. The van der Waals surface area contributed by atoms with Gasteiger partial charge in [0.2, 0.25) is 5.91 Å². The van der Waals surface area contributed by atoms with E-state index in [0.29, 0.717) is 29.2 Å². The van der Waals surface area contributed by atoms with Crippen molar-refractivity contribution in [3.8, 4) is 0 Å². The lowest BCUT2D eigenvalue weighted by atomic mass is 10.1. The van der Waals surface area contributed by atoms with Gasteiger partial charge in [0.05, 0.1) is 21.8 Å². The number of hydrogen-bond acceptors (Lipinski definition) is 5. The lowest BCUT2D eigenvalue weighted by molar-refractivity contribution is -0.135. The molecule has 6 nitrogen and oxygen atoms in total. The van der Waals surface area contributed by atoms with E-state index >= 15 is 0 Å². The molecule has 2 saturated heterocycles. The summed E-state index contributed by atoms with van der Waals surface area (Å²) in [4.78, 5) is 23.3. The zero-order valence-corrected chi connectivity index (χ0v) is 16.2. The Morgan fingerprint density at radius 1 is 1.16 bits per heavy atom. The summed E-state index contributed by atoms with van der Waals surface area (Å²) in [7, 11) is 0. The summed E-state index contributed by atoms with van der Waals surface area (Å²) in [6.07, 6.45) is 3.21. The average Bonchev–Trinajstić information content (AvgIpc) is 2.61. The highest BCUT2D eigenvalue weighted by Gasteiger charge is 2.32. The van der Waals surface area contributed by atoms with E-state index in [1.54, 1.807) is 12.4 Å². The van der Waals surface area contributed by atoms with Crippen LogP contribution in [0, 0.1) is 0 Å². The molecule has 3 heterocycles. The Bertz CT molecular complexity index is 599. The Kier molecular flexibility index (Phi) is 6.04. The fraction of sp³-hybridized carbons (Fsp3) is 0.647. The number of aromatic nitrogens is 1. The molecule has 0 spiro atoms. The highest BCUT2D eigenvalue weighted by atomic mass is 35.5. The van der Waals surface area contributed by atoms with Gasteiger partial charge in [0.15, 0.2) is 0 Å². The van der Waals surface area contributed by atoms with E-state index in [1.807, 2.05) is 4.90 Å². The van der Waals surface area contributed by atoms with Crippen LogP contribution in [0.15, 0.2) is 12.4 Å². The summed E-state index contributed by atoms with van der Waals surface area (Å²) in [5.74, 6) is 0.192. The van der Waals surface area contributed by atoms with Gasteiger partial charge in [0.1, 0.15) is 0 Å². The summed E-state index contributed by atoms with van der Waals surface area (Å²) < 4.78 is 0. The van der Waals surface area contributed by atoms with Crippen molar-refractivity contribution >= 4 is 34.8 Å². The molecule has 2 fully saturated rings. The van der Waals surface area contributed by atoms with Crippen molar-refractivity contribution in [3.05, 3.63) is 22.4 Å². The molecule has 0 aliphatic carbocycles. The third kappa shape index (κ3) is 4.19. The van der Waals surface area contributed by atoms with Crippen LogP contribution in [-0.4, -0.2) is 78.6 Å². The minimum Gasteiger partial charge on any atom is -0.365 e. The summed E-state index contributed by atoms with van der Waals surface area (Å²) >= 11 is 12.5. The van der Waals surface area contributed by atoms with Crippen molar-refractivity contribution in [2.75, 3.05) is 50.7 Å². The fourth-order valence-electron chi connectivity index (χ4n) is 3.48. The monoisotopic (exact) mass is 385 g/mol. The molecule has 8 heteroatoms. The zero-order valence-electron chi connectivity index (χ0n) is 14.7. The molecule has 0 bridgehead atoms. The summed E-state index contributed by atoms with van der Waals surface area (Å²) in [5, 5.41) is 4.46. The number of piperazine rings is 2. The maximum absolute atomic E-state index is 12.9. The largest absolute Gasteiger partial charge is 0.365 e. The van der Waals surface area contributed by atoms with Gasteiger partial charge in [-0.15, -0.1) is 0 Å². The van der Waals surface area contributed by atoms with E-state index in [4.69, 9.17) is 23.2 Å². The minimum absolute atomic E-state index is 0.115. The molecule has 1 aromatic rings. The molecule has 1 aromatic heterocycles. The molecular weight excluding hydrogens is 361 g/mol. The second kappa shape index (κ2) is 8.08. The summed E-state index contributed by atoms with van der Waals surface area (Å²) in [6, 6.07) is 0.348. The van der Waals surface area contributed by atoms with Crippen LogP contribution in [0.2, 0.25) is 10.0 Å². The predicted molar refractivity (Wildman–Crippen MR) is 102 cm³/mol. The molecule has 138 valence electrons. The van der Waals surface area contributed by atoms with Gasteiger partial charge in [-0.1, -0.05) is 23.2 Å². The van der Waals surface area contributed by atoms with Crippen LogP contribution in [0.3, 0.4) is 0 Å². The molecular formula is C17H25Cl2N5O. The molecule has 1 amide bonds. The molecule has 1 N–H and O–H groups in total. The number of nitrogens with zero attached hydrogens (tertiary/aromatic N) is 4. The number of nitrogens with one attached hydrogen (secondary N) is 1. The first-order valence-electron chi connectivity index (χ1n) is 8.77. The zero-order chi connectivity index (χ0) is 18.0. The maximum Gasteiger partial charge on any atom is 0.241 e. The Balaban J connectivity index is 1.59. The third-order valence-electron chi connectivity index (χ3n) is 4.97. The van der Waals surface area contributed by atoms with Crippen molar-refractivity contribution in [3.63, 3.8) is 0 Å². The van der Waals surface area contributed by atoms with Crippen LogP contribution in [0.25, 0.3) is 0 Å². The van der Waals surface area contributed by atoms with Gasteiger partial charge in [-0.2, -0.15) is 0 Å². The van der Waals surface area contributed by atoms with Gasteiger partial charge in [-0.3, -0.25) is 14.7 Å². The smallest absolute Gasteiger partial charge is 0.241 e. The first-order valence-corrected chi connectivity index (χ1v) is 9.53. The quantitative estimate of drug-likeness (QED) is 0.858. The molecule has 3 rings (SSSR count). The third-order valence-corrected chi connectivity index (χ3v) is 5.52. The fourth-order valence-corrected chi connectivity index (χ4v) is 4.09.